The third-order valence-electron chi connectivity index (χ3n) is 12.3. The second-order valence-electron chi connectivity index (χ2n) is 18.7. The first-order valence-electron chi connectivity index (χ1n) is 20.3. The van der Waals surface area contributed by atoms with Crippen LogP contribution in [-0.4, -0.2) is 105 Å². The molecule has 1 amide bonds. The number of aromatic nitrogens is 3. The zero-order valence-corrected chi connectivity index (χ0v) is 36.8. The van der Waals surface area contributed by atoms with Crippen LogP contribution >= 0.6 is 11.6 Å². The van der Waals surface area contributed by atoms with Gasteiger partial charge < -0.3 is 33.0 Å². The third-order valence-corrected chi connectivity index (χ3v) is 18.8. The number of imidazole rings is 1. The number of fused-ring (bicyclic) bond motifs is 2. The van der Waals surface area contributed by atoms with E-state index in [9.17, 15) is 4.79 Å². The van der Waals surface area contributed by atoms with Gasteiger partial charge in [-0.3, -0.25) is 4.57 Å². The molecule has 3 aliphatic heterocycles. The Bertz CT molecular complexity index is 1800. The Morgan fingerprint density at radius 3 is 2.24 bits per heavy atom. The predicted molar refractivity (Wildman–Crippen MR) is 220 cm³/mol. The number of carbonyl (C=O) groups is 1. The number of hydrogen-bond donors (Lipinski definition) is 0. The third kappa shape index (κ3) is 9.29. The fourth-order valence-corrected chi connectivity index (χ4v) is 10.1. The molecule has 4 fully saturated rings. The van der Waals surface area contributed by atoms with Crippen LogP contribution in [-0.2, 0) is 30.1 Å². The van der Waals surface area contributed by atoms with Crippen LogP contribution < -0.4 is 4.74 Å². The number of likely N-dealkylation sites (tertiary alicyclic amines) is 1. The molecule has 14 heteroatoms. The van der Waals surface area contributed by atoms with E-state index in [1.807, 2.05) is 15.5 Å². The second kappa shape index (κ2) is 16.4. The predicted octanol–water partition coefficient (Wildman–Crippen LogP) is 9.26. The van der Waals surface area contributed by atoms with E-state index < -0.39 is 16.4 Å². The molecule has 0 radical (unpaired) electrons. The van der Waals surface area contributed by atoms with Gasteiger partial charge >= 0.3 is 12.1 Å². The van der Waals surface area contributed by atoms with Crippen LogP contribution in [0.3, 0.4) is 0 Å². The van der Waals surface area contributed by atoms with Gasteiger partial charge in [-0.2, -0.15) is 4.98 Å². The Kier molecular flexibility index (Phi) is 12.1. The minimum absolute atomic E-state index is 0.00295. The summed E-state index contributed by atoms with van der Waals surface area (Å²) in [6.07, 6.45) is 4.81. The first-order chi connectivity index (χ1) is 26.1. The summed E-state index contributed by atoms with van der Waals surface area (Å²) >= 11 is 6.94. The summed E-state index contributed by atoms with van der Waals surface area (Å²) in [6, 6.07) is 11.9. The molecule has 3 saturated heterocycles. The monoisotopic (exact) mass is 812 g/mol. The molecule has 0 unspecified atom stereocenters. The lowest BCUT2D eigenvalue weighted by atomic mass is 9.82. The summed E-state index contributed by atoms with van der Waals surface area (Å²) in [5.41, 5.74) is 4.18. The maximum absolute atomic E-state index is 12.5. The highest BCUT2D eigenvalue weighted by Gasteiger charge is 2.52. The maximum Gasteiger partial charge on any atom is 0.410 e. The molecule has 1 saturated carbocycles. The zero-order chi connectivity index (χ0) is 39.1. The molecule has 0 spiro atoms. The number of hydrogen-bond acceptors (Lipinski definition) is 9. The molecule has 7 rings (SSSR count). The van der Waals surface area contributed by atoms with Crippen molar-refractivity contribution in [2.24, 2.45) is 0 Å². The Hall–Kier alpha value is -2.53. The minimum atomic E-state index is -2.02. The molecule has 4 atom stereocenters. The van der Waals surface area contributed by atoms with E-state index >= 15 is 0 Å². The molecule has 2 aromatic heterocycles. The lowest BCUT2D eigenvalue weighted by Gasteiger charge is -2.39. The standard InChI is InChI=1S/C41H61ClN4O7Si2/c1-41(2,3)55(7,8)53-34-25-50-36-33(24-49-37(34)36)52-39-43-32-23-31(42)35(44-38(32)46(39)26-48-21-22-54(4,5)6)29-13-11-27(12-14-29)28-15-17-30(18-16-28)51-40(47)45-19-9-10-20-45/h11-14,23,28,30,33-34,36-37H,9-10,15-22,24-26H2,1-8H3/t28-,30-,33-,34-,36-,37-/m1/s1. The highest BCUT2D eigenvalue weighted by Crippen LogP contribution is 2.41. The molecule has 0 bridgehead atoms. The van der Waals surface area contributed by atoms with Gasteiger partial charge in [0.05, 0.1) is 30.0 Å². The molecular formula is C41H61ClN4O7Si2. The summed E-state index contributed by atoms with van der Waals surface area (Å²) in [5.74, 6) is 0.424. The van der Waals surface area contributed by atoms with Gasteiger partial charge in [0.15, 0.2) is 20.1 Å². The Balaban J connectivity index is 1.06. The summed E-state index contributed by atoms with van der Waals surface area (Å²) < 4.78 is 40.0. The van der Waals surface area contributed by atoms with Crippen LogP contribution in [0, 0.1) is 0 Å². The SMILES string of the molecule is CC(C)(C)[Si](C)(C)O[C@@H]1CO[C@H]2[C@@H]1OC[C@H]2Oc1nc2cc(Cl)c(-c3ccc([C@H]4CC[C@H](OC(=O)N5CCCC5)CC4)cc3)nc2n1COCC[Si](C)(C)C. The molecule has 1 aliphatic carbocycles. The van der Waals surface area contributed by atoms with Crippen LogP contribution in [0.1, 0.15) is 70.8 Å². The van der Waals surface area contributed by atoms with Crippen molar-refractivity contribution in [3.05, 3.63) is 40.9 Å². The van der Waals surface area contributed by atoms with E-state index in [1.165, 1.54) is 5.56 Å². The van der Waals surface area contributed by atoms with Crippen molar-refractivity contribution in [2.75, 3.05) is 32.9 Å². The number of benzene rings is 1. The van der Waals surface area contributed by atoms with Crippen molar-refractivity contribution < 1.29 is 32.9 Å². The molecule has 11 nitrogen and oxygen atoms in total. The van der Waals surface area contributed by atoms with Crippen LogP contribution in [0.2, 0.25) is 48.8 Å². The van der Waals surface area contributed by atoms with E-state index in [0.717, 1.165) is 63.2 Å². The van der Waals surface area contributed by atoms with Crippen molar-refractivity contribution in [3.8, 4) is 17.3 Å². The summed E-state index contributed by atoms with van der Waals surface area (Å²) in [7, 11) is -3.32. The molecule has 5 heterocycles. The largest absolute Gasteiger partial charge is 0.456 e. The van der Waals surface area contributed by atoms with E-state index in [0.29, 0.717) is 53.6 Å². The quantitative estimate of drug-likeness (QED) is 0.131. The van der Waals surface area contributed by atoms with Gasteiger partial charge in [0.2, 0.25) is 0 Å². The van der Waals surface area contributed by atoms with E-state index in [-0.39, 0.29) is 48.4 Å². The normalized spacial score (nSPS) is 26.2. The number of carbonyl (C=O) groups excluding carboxylic acids is 1. The lowest BCUT2D eigenvalue weighted by molar-refractivity contribution is 0.00687. The number of amides is 1. The van der Waals surface area contributed by atoms with Gasteiger partial charge in [0, 0.05) is 33.3 Å². The zero-order valence-electron chi connectivity index (χ0n) is 34.1. The molecular weight excluding hydrogens is 752 g/mol. The fourth-order valence-electron chi connectivity index (χ4n) is 7.81. The van der Waals surface area contributed by atoms with Gasteiger partial charge in [-0.15, -0.1) is 0 Å². The highest BCUT2D eigenvalue weighted by molar-refractivity contribution is 6.76. The van der Waals surface area contributed by atoms with E-state index in [1.54, 1.807) is 0 Å². The van der Waals surface area contributed by atoms with Crippen LogP contribution in [0.25, 0.3) is 22.4 Å². The lowest BCUT2D eigenvalue weighted by Crippen LogP contribution is -2.47. The average molecular weight is 814 g/mol. The second-order valence-corrected chi connectivity index (χ2v) is 29.5. The summed E-state index contributed by atoms with van der Waals surface area (Å²) in [5, 5.41) is 0.603. The molecule has 1 aromatic carbocycles. The molecule has 302 valence electrons. The van der Waals surface area contributed by atoms with Gasteiger partial charge in [-0.1, -0.05) is 76.3 Å². The number of rotatable bonds is 12. The Labute approximate surface area is 333 Å². The van der Waals surface area contributed by atoms with Crippen LogP contribution in [0.5, 0.6) is 6.01 Å². The van der Waals surface area contributed by atoms with Crippen molar-refractivity contribution in [1.82, 2.24) is 19.4 Å². The topological polar surface area (TPSA) is 106 Å². The van der Waals surface area contributed by atoms with Crippen molar-refractivity contribution in [3.63, 3.8) is 0 Å². The minimum Gasteiger partial charge on any atom is -0.456 e. The van der Waals surface area contributed by atoms with E-state index in [4.69, 9.17) is 49.7 Å². The van der Waals surface area contributed by atoms with E-state index in [2.05, 4.69) is 77.8 Å². The Morgan fingerprint density at radius 1 is 0.927 bits per heavy atom. The molecule has 4 aliphatic rings. The average Bonchev–Trinajstić information content (AvgIpc) is 3.93. The van der Waals surface area contributed by atoms with Crippen molar-refractivity contribution in [2.45, 2.75) is 146 Å². The van der Waals surface area contributed by atoms with Crippen molar-refractivity contribution in [1.29, 1.82) is 0 Å². The number of nitrogens with zero attached hydrogens (tertiary/aromatic N) is 4. The molecule has 55 heavy (non-hydrogen) atoms. The van der Waals surface area contributed by atoms with Gasteiger partial charge in [0.25, 0.3) is 0 Å². The number of pyridine rings is 1. The maximum atomic E-state index is 12.5. The van der Waals surface area contributed by atoms with Crippen LogP contribution in [0.4, 0.5) is 4.79 Å². The van der Waals surface area contributed by atoms with Crippen LogP contribution in [0.15, 0.2) is 30.3 Å². The smallest absolute Gasteiger partial charge is 0.410 e. The van der Waals surface area contributed by atoms with Gasteiger partial charge in [0.1, 0.15) is 30.6 Å². The first-order valence-corrected chi connectivity index (χ1v) is 27.3. The number of halogens is 1. The summed E-state index contributed by atoms with van der Waals surface area (Å²) in [6.45, 7) is 21.7. The fraction of sp³-hybridized carbons (Fsp3) is 0.683. The number of ether oxygens (including phenoxy) is 5. The Morgan fingerprint density at radius 2 is 1.58 bits per heavy atom. The van der Waals surface area contributed by atoms with Crippen molar-refractivity contribution >= 4 is 45.2 Å². The summed E-state index contributed by atoms with van der Waals surface area (Å²) in [4.78, 5) is 24.4. The molecule has 3 aromatic rings. The van der Waals surface area contributed by atoms with Gasteiger partial charge in [-0.05, 0) is 80.2 Å². The first kappa shape index (κ1) is 40.7. The molecule has 0 N–H and O–H groups in total. The van der Waals surface area contributed by atoms with Gasteiger partial charge in [-0.25, -0.2) is 9.78 Å². The highest BCUT2D eigenvalue weighted by atomic mass is 35.5.